The lowest BCUT2D eigenvalue weighted by molar-refractivity contribution is -0.139. The van der Waals surface area contributed by atoms with Crippen molar-refractivity contribution in [3.8, 4) is 0 Å². The highest BCUT2D eigenvalue weighted by Crippen LogP contribution is 1.98. The highest BCUT2D eigenvalue weighted by Gasteiger charge is 2.13. The van der Waals surface area contributed by atoms with Crippen molar-refractivity contribution in [3.63, 3.8) is 0 Å². The minimum Gasteiger partial charge on any atom is -0.480 e. The number of hydrogen-bond acceptors (Lipinski definition) is 3. The Bertz CT molecular complexity index is 246. The number of nitrogens with one attached hydrogen (secondary N) is 1. The van der Waals surface area contributed by atoms with Crippen LogP contribution in [-0.4, -0.2) is 29.6 Å². The monoisotopic (exact) mass is 214 g/mol. The molecular formula is C9H18N4O2. The van der Waals surface area contributed by atoms with Crippen LogP contribution in [0.5, 0.6) is 0 Å². The zero-order chi connectivity index (χ0) is 11.7. The van der Waals surface area contributed by atoms with Crippen molar-refractivity contribution in [1.29, 1.82) is 0 Å². The van der Waals surface area contributed by atoms with Crippen molar-refractivity contribution < 1.29 is 9.90 Å². The van der Waals surface area contributed by atoms with Gasteiger partial charge >= 0.3 is 5.97 Å². The fourth-order valence-corrected chi connectivity index (χ4v) is 0.994. The third-order valence-corrected chi connectivity index (χ3v) is 1.71. The van der Waals surface area contributed by atoms with Crippen LogP contribution < -0.4 is 16.8 Å². The number of allylic oxidation sites excluding steroid dienone is 1. The predicted octanol–water partition coefficient (Wildman–Crippen LogP) is -0.384. The van der Waals surface area contributed by atoms with E-state index in [9.17, 15) is 4.79 Å². The van der Waals surface area contributed by atoms with Gasteiger partial charge in [0.05, 0.1) is 0 Å². The largest absolute Gasteiger partial charge is 0.480 e. The smallest absolute Gasteiger partial charge is 0.326 e. The van der Waals surface area contributed by atoms with E-state index in [1.807, 2.05) is 6.92 Å². The SMILES string of the molecule is CC=CN[C@@H](CCCN=C(N)N)C(=O)O. The molecule has 0 aliphatic carbocycles. The van der Waals surface area contributed by atoms with Gasteiger partial charge in [0.25, 0.3) is 0 Å². The maximum absolute atomic E-state index is 10.8. The Morgan fingerprint density at radius 3 is 2.73 bits per heavy atom. The number of guanidine groups is 1. The van der Waals surface area contributed by atoms with Crippen molar-refractivity contribution in [2.24, 2.45) is 16.5 Å². The molecule has 0 amide bonds. The van der Waals surface area contributed by atoms with Crippen LogP contribution in [0.2, 0.25) is 0 Å². The molecule has 0 bridgehead atoms. The van der Waals surface area contributed by atoms with Crippen LogP contribution in [0.15, 0.2) is 17.3 Å². The Balaban J connectivity index is 3.86. The van der Waals surface area contributed by atoms with Crippen LogP contribution in [-0.2, 0) is 4.79 Å². The van der Waals surface area contributed by atoms with E-state index in [-0.39, 0.29) is 5.96 Å². The number of carboxylic acid groups (broad SMARTS) is 1. The van der Waals surface area contributed by atoms with Gasteiger partial charge in [-0.15, -0.1) is 0 Å². The van der Waals surface area contributed by atoms with Crippen LogP contribution in [0.4, 0.5) is 0 Å². The highest BCUT2D eigenvalue weighted by molar-refractivity contribution is 5.75. The minimum absolute atomic E-state index is 0.0308. The second-order valence-corrected chi connectivity index (χ2v) is 3.01. The van der Waals surface area contributed by atoms with Gasteiger partial charge in [-0.2, -0.15) is 0 Å². The lowest BCUT2D eigenvalue weighted by atomic mass is 10.1. The molecule has 0 saturated carbocycles. The summed E-state index contributed by atoms with van der Waals surface area (Å²) >= 11 is 0. The Morgan fingerprint density at radius 1 is 1.60 bits per heavy atom. The second-order valence-electron chi connectivity index (χ2n) is 3.01. The molecule has 0 radical (unpaired) electrons. The summed E-state index contributed by atoms with van der Waals surface area (Å²) in [6, 6.07) is -0.588. The summed E-state index contributed by atoms with van der Waals surface area (Å²) in [6.45, 7) is 2.26. The normalized spacial score (nSPS) is 12.3. The van der Waals surface area contributed by atoms with Gasteiger partial charge < -0.3 is 21.9 Å². The van der Waals surface area contributed by atoms with E-state index in [0.717, 1.165) is 0 Å². The molecule has 1 atom stereocenters. The molecule has 0 spiro atoms. The van der Waals surface area contributed by atoms with Crippen LogP contribution >= 0.6 is 0 Å². The van der Waals surface area contributed by atoms with Crippen molar-refractivity contribution in [3.05, 3.63) is 12.3 Å². The molecule has 0 unspecified atom stereocenters. The first kappa shape index (κ1) is 13.3. The summed E-state index contributed by atoms with van der Waals surface area (Å²) in [5.41, 5.74) is 10.3. The highest BCUT2D eigenvalue weighted by atomic mass is 16.4. The molecule has 0 saturated heterocycles. The summed E-state index contributed by atoms with van der Waals surface area (Å²) in [7, 11) is 0. The zero-order valence-corrected chi connectivity index (χ0v) is 8.81. The molecule has 0 fully saturated rings. The topological polar surface area (TPSA) is 114 Å². The first-order valence-corrected chi connectivity index (χ1v) is 4.73. The standard InChI is InChI=1S/C9H18N4O2/c1-2-5-12-7(8(14)15)4-3-6-13-9(10)11/h2,5,7,12H,3-4,6H2,1H3,(H,14,15)(H4,10,11,13)/t7-/m0/s1. The van der Waals surface area contributed by atoms with E-state index in [0.29, 0.717) is 19.4 Å². The molecule has 86 valence electrons. The summed E-state index contributed by atoms with van der Waals surface area (Å²) in [5, 5.41) is 11.6. The molecule has 0 aromatic heterocycles. The average Bonchev–Trinajstić information content (AvgIpc) is 2.15. The van der Waals surface area contributed by atoms with Gasteiger partial charge in [0, 0.05) is 6.54 Å². The Labute approximate surface area is 89.0 Å². The van der Waals surface area contributed by atoms with Crippen LogP contribution in [0, 0.1) is 0 Å². The quantitative estimate of drug-likeness (QED) is 0.262. The van der Waals surface area contributed by atoms with Crippen molar-refractivity contribution in [2.75, 3.05) is 6.54 Å². The van der Waals surface area contributed by atoms with Crippen molar-refractivity contribution >= 4 is 11.9 Å². The third-order valence-electron chi connectivity index (χ3n) is 1.71. The van der Waals surface area contributed by atoms with E-state index in [2.05, 4.69) is 10.3 Å². The zero-order valence-electron chi connectivity index (χ0n) is 8.81. The van der Waals surface area contributed by atoms with E-state index in [1.165, 1.54) is 0 Å². The molecule has 0 heterocycles. The van der Waals surface area contributed by atoms with Gasteiger partial charge in [-0.3, -0.25) is 4.99 Å². The van der Waals surface area contributed by atoms with Crippen molar-refractivity contribution in [1.82, 2.24) is 5.32 Å². The molecule has 0 aromatic rings. The number of aliphatic carboxylic acids is 1. The summed E-state index contributed by atoms with van der Waals surface area (Å²) < 4.78 is 0. The van der Waals surface area contributed by atoms with Crippen molar-refractivity contribution in [2.45, 2.75) is 25.8 Å². The van der Waals surface area contributed by atoms with Gasteiger partial charge in [0.2, 0.25) is 0 Å². The van der Waals surface area contributed by atoms with Gasteiger partial charge in [-0.1, -0.05) is 6.08 Å². The summed E-state index contributed by atoms with van der Waals surface area (Å²) in [6.07, 6.45) is 4.46. The lowest BCUT2D eigenvalue weighted by Gasteiger charge is -2.11. The Morgan fingerprint density at radius 2 is 2.27 bits per heavy atom. The summed E-state index contributed by atoms with van der Waals surface area (Å²) in [5.74, 6) is -0.846. The second kappa shape index (κ2) is 7.66. The lowest BCUT2D eigenvalue weighted by Crippen LogP contribution is -2.33. The van der Waals surface area contributed by atoms with Gasteiger partial charge in [0.15, 0.2) is 5.96 Å². The van der Waals surface area contributed by atoms with Crippen LogP contribution in [0.3, 0.4) is 0 Å². The number of hydrogen-bond donors (Lipinski definition) is 4. The number of carbonyl (C=O) groups is 1. The first-order valence-electron chi connectivity index (χ1n) is 4.73. The number of nitrogens with zero attached hydrogens (tertiary/aromatic N) is 1. The fourth-order valence-electron chi connectivity index (χ4n) is 0.994. The van der Waals surface area contributed by atoms with Crippen LogP contribution in [0.25, 0.3) is 0 Å². The molecule has 0 aromatic carbocycles. The fraction of sp³-hybridized carbons (Fsp3) is 0.556. The van der Waals surface area contributed by atoms with E-state index in [4.69, 9.17) is 16.6 Å². The Hall–Kier alpha value is -1.72. The average molecular weight is 214 g/mol. The van der Waals surface area contributed by atoms with E-state index >= 15 is 0 Å². The number of aliphatic imine (C=N–C) groups is 1. The first-order chi connectivity index (χ1) is 7.07. The van der Waals surface area contributed by atoms with E-state index < -0.39 is 12.0 Å². The van der Waals surface area contributed by atoms with Gasteiger partial charge in [0.1, 0.15) is 6.04 Å². The third kappa shape index (κ3) is 7.36. The molecule has 0 aliphatic heterocycles. The molecule has 6 N–H and O–H groups in total. The number of rotatable bonds is 7. The maximum atomic E-state index is 10.8. The minimum atomic E-state index is -0.877. The summed E-state index contributed by atoms with van der Waals surface area (Å²) in [4.78, 5) is 14.5. The predicted molar refractivity (Wildman–Crippen MR) is 59.3 cm³/mol. The van der Waals surface area contributed by atoms with E-state index in [1.54, 1.807) is 12.3 Å². The Kier molecular flexibility index (Phi) is 6.78. The molecule has 0 rings (SSSR count). The maximum Gasteiger partial charge on any atom is 0.326 e. The van der Waals surface area contributed by atoms with Crippen LogP contribution in [0.1, 0.15) is 19.8 Å². The van der Waals surface area contributed by atoms with Gasteiger partial charge in [-0.05, 0) is 26.0 Å². The number of nitrogens with two attached hydrogens (primary N) is 2. The molecule has 6 heteroatoms. The molecular weight excluding hydrogens is 196 g/mol. The molecule has 6 nitrogen and oxygen atoms in total. The molecule has 15 heavy (non-hydrogen) atoms. The molecule has 0 aliphatic rings. The number of carboxylic acids is 1. The van der Waals surface area contributed by atoms with Gasteiger partial charge in [-0.25, -0.2) is 4.79 Å².